The molecule has 0 spiro atoms. The topological polar surface area (TPSA) is 73.6 Å². The minimum atomic E-state index is -4.72. The molecule has 5 nitrogen and oxygen atoms in total. The van der Waals surface area contributed by atoms with Gasteiger partial charge < -0.3 is 20.5 Å². The fourth-order valence-electron chi connectivity index (χ4n) is 2.42. The van der Waals surface area contributed by atoms with Gasteiger partial charge in [-0.2, -0.15) is 0 Å². The number of nitrogens with one attached hydrogen (secondary N) is 1. The molecule has 1 saturated heterocycles. The van der Waals surface area contributed by atoms with E-state index in [2.05, 4.69) is 10.1 Å². The predicted octanol–water partition coefficient (Wildman–Crippen LogP) is 2.69. The quantitative estimate of drug-likeness (QED) is 0.838. The lowest BCUT2D eigenvalue weighted by Gasteiger charge is -2.18. The zero-order valence-corrected chi connectivity index (χ0v) is 13.8. The first-order valence-electron chi connectivity index (χ1n) is 7.30. The number of ether oxygens (including phenoxy) is 2. The fraction of sp³-hybridized carbons (Fsp3) is 0.533. The van der Waals surface area contributed by atoms with Crippen molar-refractivity contribution in [2.75, 3.05) is 6.54 Å². The van der Waals surface area contributed by atoms with Gasteiger partial charge in [-0.1, -0.05) is 12.1 Å². The van der Waals surface area contributed by atoms with Crippen LogP contribution < -0.4 is 15.8 Å². The smallest absolute Gasteiger partial charge is 0.406 e. The van der Waals surface area contributed by atoms with Crippen molar-refractivity contribution in [1.82, 2.24) is 5.32 Å². The molecule has 1 fully saturated rings. The van der Waals surface area contributed by atoms with Crippen molar-refractivity contribution in [3.8, 4) is 5.75 Å². The SMILES string of the molecule is CC(NC(=O)[C@@H]1CC[C@H](CN)O1)c1ccc(OC(F)(F)F)cc1.Cl. The predicted molar refractivity (Wildman–Crippen MR) is 83.9 cm³/mol. The summed E-state index contributed by atoms with van der Waals surface area (Å²) in [6, 6.07) is 5.02. The summed E-state index contributed by atoms with van der Waals surface area (Å²) in [5, 5.41) is 2.78. The molecule has 0 aromatic heterocycles. The molecule has 1 aliphatic rings. The number of carbonyl (C=O) groups excluding carboxylic acids is 1. The van der Waals surface area contributed by atoms with E-state index in [0.29, 0.717) is 18.5 Å². The van der Waals surface area contributed by atoms with Crippen LogP contribution in [0.4, 0.5) is 13.2 Å². The number of halogens is 4. The van der Waals surface area contributed by atoms with Crippen LogP contribution in [0.1, 0.15) is 31.4 Å². The number of hydrogen-bond acceptors (Lipinski definition) is 4. The Morgan fingerprint density at radius 1 is 1.38 bits per heavy atom. The lowest BCUT2D eigenvalue weighted by Crippen LogP contribution is -2.37. The van der Waals surface area contributed by atoms with Crippen LogP contribution in [0, 0.1) is 0 Å². The Kier molecular flexibility index (Phi) is 7.31. The van der Waals surface area contributed by atoms with Gasteiger partial charge in [0.1, 0.15) is 11.9 Å². The number of hydrogen-bond donors (Lipinski definition) is 2. The molecule has 1 amide bonds. The van der Waals surface area contributed by atoms with Crippen LogP contribution in [0.25, 0.3) is 0 Å². The molecule has 0 saturated carbocycles. The van der Waals surface area contributed by atoms with E-state index in [0.717, 1.165) is 6.42 Å². The molecular weight excluding hydrogens is 349 g/mol. The first-order chi connectivity index (χ1) is 10.8. The maximum atomic E-state index is 12.1. The largest absolute Gasteiger partial charge is 0.573 e. The highest BCUT2D eigenvalue weighted by molar-refractivity contribution is 5.85. The molecule has 1 aromatic rings. The molecule has 136 valence electrons. The van der Waals surface area contributed by atoms with Crippen molar-refractivity contribution in [3.05, 3.63) is 29.8 Å². The van der Waals surface area contributed by atoms with Crippen molar-refractivity contribution >= 4 is 18.3 Å². The lowest BCUT2D eigenvalue weighted by molar-refractivity contribution is -0.274. The van der Waals surface area contributed by atoms with E-state index in [4.69, 9.17) is 10.5 Å². The summed E-state index contributed by atoms with van der Waals surface area (Å²) in [7, 11) is 0. The Bertz CT molecular complexity index is 540. The van der Waals surface area contributed by atoms with Gasteiger partial charge in [-0.15, -0.1) is 25.6 Å². The molecule has 9 heteroatoms. The Hall–Kier alpha value is -1.51. The second kappa shape index (κ2) is 8.55. The van der Waals surface area contributed by atoms with E-state index in [1.807, 2.05) is 0 Å². The Morgan fingerprint density at radius 3 is 2.50 bits per heavy atom. The van der Waals surface area contributed by atoms with Crippen LogP contribution in [0.5, 0.6) is 5.75 Å². The molecule has 1 unspecified atom stereocenters. The number of rotatable bonds is 5. The molecule has 0 aliphatic carbocycles. The number of benzene rings is 1. The molecule has 1 aliphatic heterocycles. The number of alkyl halides is 3. The van der Waals surface area contributed by atoms with Crippen LogP contribution in [-0.4, -0.2) is 31.0 Å². The molecule has 2 rings (SSSR count). The molecule has 0 radical (unpaired) electrons. The van der Waals surface area contributed by atoms with E-state index in [9.17, 15) is 18.0 Å². The third kappa shape index (κ3) is 5.85. The van der Waals surface area contributed by atoms with Crippen LogP contribution in [0.15, 0.2) is 24.3 Å². The highest BCUT2D eigenvalue weighted by Crippen LogP contribution is 2.25. The highest BCUT2D eigenvalue weighted by Gasteiger charge is 2.32. The second-order valence-corrected chi connectivity index (χ2v) is 5.41. The van der Waals surface area contributed by atoms with Crippen molar-refractivity contribution in [3.63, 3.8) is 0 Å². The van der Waals surface area contributed by atoms with Crippen LogP contribution in [-0.2, 0) is 9.53 Å². The maximum absolute atomic E-state index is 12.1. The van der Waals surface area contributed by atoms with Gasteiger partial charge in [0, 0.05) is 6.54 Å². The number of nitrogens with two attached hydrogens (primary N) is 1. The summed E-state index contributed by atoms with van der Waals surface area (Å²) in [5.74, 6) is -0.547. The van der Waals surface area contributed by atoms with E-state index in [1.165, 1.54) is 24.3 Å². The Balaban J connectivity index is 0.00000288. The van der Waals surface area contributed by atoms with Crippen molar-refractivity contribution in [2.45, 2.75) is 44.4 Å². The molecular formula is C15H20ClF3N2O3. The van der Waals surface area contributed by atoms with Crippen molar-refractivity contribution < 1.29 is 27.4 Å². The molecule has 0 bridgehead atoms. The Labute approximate surface area is 144 Å². The first kappa shape index (κ1) is 20.5. The van der Waals surface area contributed by atoms with Crippen molar-refractivity contribution in [2.24, 2.45) is 5.73 Å². The summed E-state index contributed by atoms with van der Waals surface area (Å²) in [5.41, 5.74) is 6.17. The fourth-order valence-corrected chi connectivity index (χ4v) is 2.42. The van der Waals surface area contributed by atoms with Crippen molar-refractivity contribution in [1.29, 1.82) is 0 Å². The molecule has 3 atom stereocenters. The molecule has 24 heavy (non-hydrogen) atoms. The summed E-state index contributed by atoms with van der Waals surface area (Å²) >= 11 is 0. The van der Waals surface area contributed by atoms with Crippen LogP contribution in [0.2, 0.25) is 0 Å². The Morgan fingerprint density at radius 2 is 2.00 bits per heavy atom. The van der Waals surface area contributed by atoms with Gasteiger partial charge in [0.15, 0.2) is 0 Å². The van der Waals surface area contributed by atoms with Gasteiger partial charge in [-0.05, 0) is 37.5 Å². The third-order valence-electron chi connectivity index (χ3n) is 3.64. The minimum Gasteiger partial charge on any atom is -0.406 e. The molecule has 1 heterocycles. The van der Waals surface area contributed by atoms with E-state index in [-0.39, 0.29) is 36.2 Å². The summed E-state index contributed by atoms with van der Waals surface area (Å²) < 4.78 is 45.6. The van der Waals surface area contributed by atoms with Crippen LogP contribution in [0.3, 0.4) is 0 Å². The highest BCUT2D eigenvalue weighted by atomic mass is 35.5. The van der Waals surface area contributed by atoms with Gasteiger partial charge in [0.25, 0.3) is 0 Å². The van der Waals surface area contributed by atoms with E-state index < -0.39 is 12.5 Å². The lowest BCUT2D eigenvalue weighted by atomic mass is 10.1. The average Bonchev–Trinajstić information content (AvgIpc) is 2.95. The normalized spacial score (nSPS) is 21.7. The number of amides is 1. The van der Waals surface area contributed by atoms with E-state index in [1.54, 1.807) is 6.92 Å². The average molecular weight is 369 g/mol. The van der Waals surface area contributed by atoms with Gasteiger partial charge in [0.05, 0.1) is 12.1 Å². The summed E-state index contributed by atoms with van der Waals surface area (Å²) in [6.07, 6.45) is -4.00. The second-order valence-electron chi connectivity index (χ2n) is 5.41. The molecule has 3 N–H and O–H groups in total. The maximum Gasteiger partial charge on any atom is 0.573 e. The minimum absolute atomic E-state index is 0. The summed E-state index contributed by atoms with van der Waals surface area (Å²) in [6.45, 7) is 2.12. The standard InChI is InChI=1S/C15H19F3N2O3.ClH/c1-9(20-14(21)13-7-6-12(8-19)22-13)10-2-4-11(5-3-10)23-15(16,17)18;/h2-5,9,12-13H,6-8,19H2,1H3,(H,20,21);1H/t9?,12-,13+;/m1./s1. The van der Waals surface area contributed by atoms with Gasteiger partial charge in [-0.25, -0.2) is 0 Å². The van der Waals surface area contributed by atoms with Gasteiger partial charge >= 0.3 is 6.36 Å². The summed E-state index contributed by atoms with van der Waals surface area (Å²) in [4.78, 5) is 12.1. The third-order valence-corrected chi connectivity index (χ3v) is 3.64. The molecule has 1 aromatic carbocycles. The van der Waals surface area contributed by atoms with Gasteiger partial charge in [0.2, 0.25) is 5.91 Å². The zero-order valence-electron chi connectivity index (χ0n) is 13.0. The zero-order chi connectivity index (χ0) is 17.0. The van der Waals surface area contributed by atoms with Gasteiger partial charge in [-0.3, -0.25) is 4.79 Å². The first-order valence-corrected chi connectivity index (χ1v) is 7.30. The number of carbonyl (C=O) groups is 1. The monoisotopic (exact) mass is 368 g/mol. The van der Waals surface area contributed by atoms with Crippen LogP contribution >= 0.6 is 12.4 Å². The van der Waals surface area contributed by atoms with E-state index >= 15 is 0 Å².